The molecule has 0 aliphatic heterocycles. The van der Waals surface area contributed by atoms with Crippen molar-refractivity contribution in [3.63, 3.8) is 0 Å². The lowest BCUT2D eigenvalue weighted by atomic mass is 10.1. The Morgan fingerprint density at radius 3 is 2.11 bits per heavy atom. The largest absolute Gasteiger partial charge is 0.494 e. The Bertz CT molecular complexity index is 913. The second-order valence-corrected chi connectivity index (χ2v) is 8.41. The van der Waals surface area contributed by atoms with E-state index in [4.69, 9.17) is 14.2 Å². The number of rotatable bonds is 17. The average Bonchev–Trinajstić information content (AvgIpc) is 2.88. The molecule has 2 aromatic rings. The lowest BCUT2D eigenvalue weighted by Gasteiger charge is -2.07. The van der Waals surface area contributed by atoms with Crippen LogP contribution in [0.4, 0.5) is 0 Å². The van der Waals surface area contributed by atoms with E-state index in [0.717, 1.165) is 43.4 Å². The smallest absolute Gasteiger partial charge is 0.336 e. The van der Waals surface area contributed by atoms with Gasteiger partial charge in [0.05, 0.1) is 13.2 Å². The number of hydrogen-bond donors (Lipinski definition) is 0. The van der Waals surface area contributed by atoms with Crippen LogP contribution in [-0.4, -0.2) is 25.2 Å². The van der Waals surface area contributed by atoms with E-state index in [1.54, 1.807) is 6.08 Å². The third-order valence-corrected chi connectivity index (χ3v) is 5.47. The van der Waals surface area contributed by atoms with Crippen molar-refractivity contribution >= 4 is 18.0 Å². The maximum absolute atomic E-state index is 12.1. The van der Waals surface area contributed by atoms with Crippen LogP contribution in [0.1, 0.15) is 69.4 Å². The van der Waals surface area contributed by atoms with Crippen LogP contribution >= 0.6 is 0 Å². The minimum atomic E-state index is -0.403. The van der Waals surface area contributed by atoms with Crippen molar-refractivity contribution in [3.8, 4) is 11.5 Å². The molecule has 188 valence electrons. The molecular weight excluding hydrogens is 440 g/mol. The van der Waals surface area contributed by atoms with Gasteiger partial charge in [0.15, 0.2) is 0 Å². The van der Waals surface area contributed by atoms with Crippen LogP contribution in [0, 0.1) is 0 Å². The second kappa shape index (κ2) is 17.1. The van der Waals surface area contributed by atoms with E-state index >= 15 is 0 Å². The molecule has 0 N–H and O–H groups in total. The Morgan fingerprint density at radius 2 is 1.43 bits per heavy atom. The third kappa shape index (κ3) is 12.6. The molecule has 0 radical (unpaired) electrons. The van der Waals surface area contributed by atoms with E-state index < -0.39 is 5.97 Å². The molecule has 0 spiro atoms. The molecular formula is C30H38O5. The Morgan fingerprint density at radius 1 is 0.771 bits per heavy atom. The molecule has 0 saturated carbocycles. The van der Waals surface area contributed by atoms with E-state index in [0.29, 0.717) is 19.0 Å². The molecule has 35 heavy (non-hydrogen) atoms. The highest BCUT2D eigenvalue weighted by Crippen LogP contribution is 2.16. The van der Waals surface area contributed by atoms with Crippen LogP contribution in [0.5, 0.6) is 11.5 Å². The summed E-state index contributed by atoms with van der Waals surface area (Å²) in [5.74, 6) is 0.569. The molecule has 2 aromatic carbocycles. The van der Waals surface area contributed by atoms with Gasteiger partial charge in [-0.25, -0.2) is 9.59 Å². The van der Waals surface area contributed by atoms with E-state index in [1.807, 2.05) is 48.5 Å². The van der Waals surface area contributed by atoms with Crippen LogP contribution < -0.4 is 9.47 Å². The second-order valence-electron chi connectivity index (χ2n) is 8.41. The third-order valence-electron chi connectivity index (χ3n) is 5.47. The van der Waals surface area contributed by atoms with Gasteiger partial charge in [-0.05, 0) is 80.0 Å². The fourth-order valence-electron chi connectivity index (χ4n) is 3.45. The first-order chi connectivity index (χ1) is 17.1. The highest BCUT2D eigenvalue weighted by molar-refractivity contribution is 5.88. The molecule has 0 heterocycles. The standard InChI is InChI=1S/C30H38O5/c1-3-5-6-9-12-25-15-20-28(21-16-25)35-30(32)22-17-26-13-18-27(19-14-26)33-23-10-7-8-11-24-34-29(31)4-2/h4,13-22H,2-3,5-12,23-24H2,1H3. The molecule has 5 nitrogen and oxygen atoms in total. The molecule has 0 saturated heterocycles. The fourth-order valence-corrected chi connectivity index (χ4v) is 3.45. The van der Waals surface area contributed by atoms with Crippen molar-refractivity contribution in [2.75, 3.05) is 13.2 Å². The maximum atomic E-state index is 12.1. The molecule has 0 aromatic heterocycles. The summed E-state index contributed by atoms with van der Waals surface area (Å²) in [6.45, 7) is 6.64. The van der Waals surface area contributed by atoms with Crippen LogP contribution in [0.3, 0.4) is 0 Å². The molecule has 0 aliphatic rings. The van der Waals surface area contributed by atoms with Gasteiger partial charge >= 0.3 is 11.9 Å². The number of ether oxygens (including phenoxy) is 3. The molecule has 0 aliphatic carbocycles. The molecule has 0 unspecified atom stereocenters. The maximum Gasteiger partial charge on any atom is 0.336 e. The minimum Gasteiger partial charge on any atom is -0.494 e. The van der Waals surface area contributed by atoms with Crippen LogP contribution in [0.25, 0.3) is 6.08 Å². The SMILES string of the molecule is C=CC(=O)OCCCCCCOc1ccc(C=CC(=O)Oc2ccc(CCCCCC)cc2)cc1. The summed E-state index contributed by atoms with van der Waals surface area (Å²) in [6, 6.07) is 15.3. The zero-order valence-electron chi connectivity index (χ0n) is 20.9. The van der Waals surface area contributed by atoms with Crippen molar-refractivity contribution in [1.29, 1.82) is 0 Å². The molecule has 0 atom stereocenters. The predicted molar refractivity (Wildman–Crippen MR) is 141 cm³/mol. The lowest BCUT2D eigenvalue weighted by molar-refractivity contribution is -0.137. The van der Waals surface area contributed by atoms with Gasteiger partial charge in [-0.1, -0.05) is 57.0 Å². The summed E-state index contributed by atoms with van der Waals surface area (Å²) in [6.07, 6.45) is 14.1. The first-order valence-corrected chi connectivity index (χ1v) is 12.6. The van der Waals surface area contributed by atoms with Crippen molar-refractivity contribution in [1.82, 2.24) is 0 Å². The number of hydrogen-bond acceptors (Lipinski definition) is 5. The van der Waals surface area contributed by atoms with Crippen molar-refractivity contribution in [2.45, 2.75) is 64.7 Å². The molecule has 5 heteroatoms. The summed E-state index contributed by atoms with van der Waals surface area (Å²) in [7, 11) is 0. The molecule has 0 amide bonds. The van der Waals surface area contributed by atoms with Gasteiger partial charge in [0, 0.05) is 12.2 Å². The lowest BCUT2D eigenvalue weighted by Crippen LogP contribution is -2.03. The van der Waals surface area contributed by atoms with Crippen LogP contribution in [0.2, 0.25) is 0 Å². The van der Waals surface area contributed by atoms with Gasteiger partial charge in [0.1, 0.15) is 11.5 Å². The van der Waals surface area contributed by atoms with Gasteiger partial charge < -0.3 is 14.2 Å². The van der Waals surface area contributed by atoms with Gasteiger partial charge in [0.2, 0.25) is 0 Å². The molecule has 0 fully saturated rings. The number of esters is 2. The van der Waals surface area contributed by atoms with Gasteiger partial charge in [-0.3, -0.25) is 0 Å². The van der Waals surface area contributed by atoms with Crippen LogP contribution in [-0.2, 0) is 20.7 Å². The number of carbonyl (C=O) groups excluding carboxylic acids is 2. The number of aryl methyl sites for hydroxylation is 1. The summed E-state index contributed by atoms with van der Waals surface area (Å²) in [5, 5.41) is 0. The average molecular weight is 479 g/mol. The normalized spacial score (nSPS) is 10.8. The Kier molecular flexibility index (Phi) is 13.7. The highest BCUT2D eigenvalue weighted by Gasteiger charge is 2.02. The highest BCUT2D eigenvalue weighted by atomic mass is 16.5. The Hall–Kier alpha value is -3.34. The summed E-state index contributed by atoms with van der Waals surface area (Å²) in [5.41, 5.74) is 2.16. The van der Waals surface area contributed by atoms with Gasteiger partial charge in [-0.15, -0.1) is 0 Å². The topological polar surface area (TPSA) is 61.8 Å². The van der Waals surface area contributed by atoms with E-state index in [1.165, 1.54) is 43.4 Å². The zero-order valence-corrected chi connectivity index (χ0v) is 20.9. The van der Waals surface area contributed by atoms with Crippen molar-refractivity contribution in [2.24, 2.45) is 0 Å². The monoisotopic (exact) mass is 478 g/mol. The van der Waals surface area contributed by atoms with Crippen molar-refractivity contribution in [3.05, 3.63) is 78.4 Å². The first kappa shape index (κ1) is 27.9. The Labute approximate surface area is 209 Å². The zero-order chi connectivity index (χ0) is 25.1. The minimum absolute atomic E-state index is 0.374. The molecule has 0 bridgehead atoms. The quantitative estimate of drug-likeness (QED) is 0.105. The van der Waals surface area contributed by atoms with E-state index in [2.05, 4.69) is 13.5 Å². The van der Waals surface area contributed by atoms with Crippen LogP contribution in [0.15, 0.2) is 67.3 Å². The van der Waals surface area contributed by atoms with Gasteiger partial charge in [-0.2, -0.15) is 0 Å². The summed E-state index contributed by atoms with van der Waals surface area (Å²) in [4.78, 5) is 23.1. The van der Waals surface area contributed by atoms with E-state index in [-0.39, 0.29) is 5.97 Å². The predicted octanol–water partition coefficient (Wildman–Crippen LogP) is 7.10. The van der Waals surface area contributed by atoms with Crippen molar-refractivity contribution < 1.29 is 23.8 Å². The number of carbonyl (C=O) groups is 2. The molecule has 2 rings (SSSR count). The summed E-state index contributed by atoms with van der Waals surface area (Å²) >= 11 is 0. The van der Waals surface area contributed by atoms with E-state index in [9.17, 15) is 9.59 Å². The Balaban J connectivity index is 1.63. The number of benzene rings is 2. The number of unbranched alkanes of at least 4 members (excludes halogenated alkanes) is 6. The van der Waals surface area contributed by atoms with Gasteiger partial charge in [0.25, 0.3) is 0 Å². The summed E-state index contributed by atoms with van der Waals surface area (Å²) < 4.78 is 16.1. The fraction of sp³-hybridized carbons (Fsp3) is 0.400. The first-order valence-electron chi connectivity index (χ1n) is 12.6.